The zero-order chi connectivity index (χ0) is 59.2. The summed E-state index contributed by atoms with van der Waals surface area (Å²) in [6, 6.07) is 0. The minimum atomic E-state index is -0.800. The van der Waals surface area contributed by atoms with Gasteiger partial charge >= 0.3 is 17.9 Å². The van der Waals surface area contributed by atoms with E-state index in [4.69, 9.17) is 14.2 Å². The van der Waals surface area contributed by atoms with Crippen molar-refractivity contribution in [1.29, 1.82) is 0 Å². The summed E-state index contributed by atoms with van der Waals surface area (Å²) < 4.78 is 17.0. The molecule has 0 saturated heterocycles. The van der Waals surface area contributed by atoms with Gasteiger partial charge < -0.3 is 14.2 Å². The number of unbranched alkanes of at least 4 members (excludes halogenated alkanes) is 40. The average Bonchev–Trinajstić information content (AvgIpc) is 3.47. The fourth-order valence-corrected chi connectivity index (χ4v) is 10.3. The Morgan fingerprint density at radius 2 is 0.488 bits per heavy atom. The van der Waals surface area contributed by atoms with Crippen LogP contribution in [-0.4, -0.2) is 37.2 Å². The van der Waals surface area contributed by atoms with Gasteiger partial charge in [-0.25, -0.2) is 0 Å². The number of esters is 3. The van der Waals surface area contributed by atoms with Crippen LogP contribution in [0.4, 0.5) is 0 Å². The van der Waals surface area contributed by atoms with E-state index in [2.05, 4.69) is 106 Å². The number of carbonyl (C=O) groups excluding carboxylic acids is 3. The number of rotatable bonds is 65. The van der Waals surface area contributed by atoms with Crippen molar-refractivity contribution >= 4 is 17.9 Å². The highest BCUT2D eigenvalue weighted by Crippen LogP contribution is 2.18. The summed E-state index contributed by atoms with van der Waals surface area (Å²) >= 11 is 0. The van der Waals surface area contributed by atoms with Gasteiger partial charge in [-0.2, -0.15) is 0 Å². The van der Waals surface area contributed by atoms with Gasteiger partial charge in [0.1, 0.15) is 13.2 Å². The van der Waals surface area contributed by atoms with E-state index in [9.17, 15) is 14.4 Å². The molecule has 0 heterocycles. The van der Waals surface area contributed by atoms with Crippen LogP contribution in [0.1, 0.15) is 361 Å². The maximum atomic E-state index is 13.0. The van der Waals surface area contributed by atoms with Crippen LogP contribution in [0.2, 0.25) is 0 Å². The van der Waals surface area contributed by atoms with Crippen molar-refractivity contribution in [2.75, 3.05) is 13.2 Å². The van der Waals surface area contributed by atoms with Gasteiger partial charge in [0, 0.05) is 19.3 Å². The molecule has 0 aromatic heterocycles. The van der Waals surface area contributed by atoms with Crippen LogP contribution in [0, 0.1) is 0 Å². The molecule has 0 aliphatic rings. The second kappa shape index (κ2) is 70.1. The highest BCUT2D eigenvalue weighted by Gasteiger charge is 2.19. The number of ether oxygens (including phenoxy) is 3. The van der Waals surface area contributed by atoms with Crippen molar-refractivity contribution < 1.29 is 28.6 Å². The summed E-state index contributed by atoms with van der Waals surface area (Å²) in [5.74, 6) is -0.931. The van der Waals surface area contributed by atoms with Crippen LogP contribution in [0.5, 0.6) is 0 Å². The smallest absolute Gasteiger partial charge is 0.306 e. The standard InChI is InChI=1S/C76H134O6/c1-4-7-10-13-16-19-22-25-28-31-33-35-36-37-38-39-40-41-43-45-48-51-54-57-60-63-66-69-75(78)81-72-73(71-80-74(77)68-65-62-59-56-53-50-47-44-30-27-24-21-18-15-12-9-6-3)82-76(79)70-67-64-61-58-55-52-49-46-42-34-32-29-26-23-20-17-14-11-8-5-2/h9,12,18,21-22,25,27,30-31,33,47,50,56,59,73H,4-8,10-11,13-17,19-20,23-24,26,28-29,32,34-46,48-49,51-55,57-58,60-72H2,1-3H3/b12-9-,21-18-,25-22-,30-27-,33-31-,50-47-,59-56-. The van der Waals surface area contributed by atoms with E-state index < -0.39 is 6.10 Å². The first-order valence-corrected chi connectivity index (χ1v) is 35.6. The van der Waals surface area contributed by atoms with Crippen LogP contribution in [0.25, 0.3) is 0 Å². The number of carbonyl (C=O) groups is 3. The van der Waals surface area contributed by atoms with Crippen LogP contribution in [0.3, 0.4) is 0 Å². The molecular weight excluding hydrogens is 1010 g/mol. The Labute approximate surface area is 509 Å². The van der Waals surface area contributed by atoms with E-state index >= 15 is 0 Å². The Morgan fingerprint density at radius 1 is 0.256 bits per heavy atom. The van der Waals surface area contributed by atoms with Crippen molar-refractivity contribution in [3.8, 4) is 0 Å². The molecule has 0 fully saturated rings. The summed E-state index contributed by atoms with van der Waals surface area (Å²) in [5.41, 5.74) is 0. The van der Waals surface area contributed by atoms with Crippen molar-refractivity contribution in [2.24, 2.45) is 0 Å². The van der Waals surface area contributed by atoms with Crippen molar-refractivity contribution in [3.63, 3.8) is 0 Å². The summed E-state index contributed by atoms with van der Waals surface area (Å²) in [5, 5.41) is 0. The summed E-state index contributed by atoms with van der Waals surface area (Å²) in [6.07, 6.45) is 93.3. The van der Waals surface area contributed by atoms with Crippen LogP contribution in [-0.2, 0) is 28.6 Å². The van der Waals surface area contributed by atoms with Gasteiger partial charge in [0.2, 0.25) is 0 Å². The highest BCUT2D eigenvalue weighted by molar-refractivity contribution is 5.71. The summed E-state index contributed by atoms with van der Waals surface area (Å²) in [6.45, 7) is 6.53. The molecule has 0 spiro atoms. The molecule has 474 valence electrons. The molecule has 0 N–H and O–H groups in total. The quantitative estimate of drug-likeness (QED) is 0.0261. The molecule has 0 aliphatic carbocycles. The van der Waals surface area contributed by atoms with E-state index in [0.717, 1.165) is 83.5 Å². The monoisotopic (exact) mass is 1140 g/mol. The molecule has 0 aliphatic heterocycles. The second-order valence-electron chi connectivity index (χ2n) is 23.8. The minimum absolute atomic E-state index is 0.0905. The predicted molar refractivity (Wildman–Crippen MR) is 358 cm³/mol. The highest BCUT2D eigenvalue weighted by atomic mass is 16.6. The Balaban J connectivity index is 4.34. The zero-order valence-corrected chi connectivity index (χ0v) is 54.5. The fraction of sp³-hybridized carbons (Fsp3) is 0.776. The molecule has 0 saturated carbocycles. The first-order chi connectivity index (χ1) is 40.5. The molecule has 1 atom stereocenters. The zero-order valence-electron chi connectivity index (χ0n) is 54.5. The Hall–Kier alpha value is -3.41. The SMILES string of the molecule is CC/C=C\C/C=C\C/C=C\C/C=C\C/C=C\CCCC(=O)OCC(COC(=O)CCCCCCCCCCCCCCCCC/C=C\C/C=C\CCCCCCC)OC(=O)CCCCCCCCCCCCCCCCCCCCCC. The largest absolute Gasteiger partial charge is 0.462 e. The van der Waals surface area contributed by atoms with Crippen LogP contribution >= 0.6 is 0 Å². The third-order valence-corrected chi connectivity index (χ3v) is 15.6. The first kappa shape index (κ1) is 78.6. The van der Waals surface area contributed by atoms with Gasteiger partial charge in [-0.1, -0.05) is 337 Å². The van der Waals surface area contributed by atoms with Gasteiger partial charge in [-0.15, -0.1) is 0 Å². The lowest BCUT2D eigenvalue weighted by Gasteiger charge is -2.18. The van der Waals surface area contributed by atoms with Crippen molar-refractivity contribution in [2.45, 2.75) is 367 Å². The Bertz CT molecular complexity index is 1550. The van der Waals surface area contributed by atoms with E-state index in [1.807, 2.05) is 0 Å². The van der Waals surface area contributed by atoms with Crippen molar-refractivity contribution in [1.82, 2.24) is 0 Å². The van der Waals surface area contributed by atoms with Gasteiger partial charge in [-0.05, 0) is 89.9 Å². The average molecular weight is 1140 g/mol. The van der Waals surface area contributed by atoms with E-state index in [1.165, 1.54) is 231 Å². The Morgan fingerprint density at radius 3 is 0.793 bits per heavy atom. The molecule has 6 heteroatoms. The van der Waals surface area contributed by atoms with E-state index in [0.29, 0.717) is 19.3 Å². The molecule has 0 aromatic rings. The molecule has 0 radical (unpaired) electrons. The summed E-state index contributed by atoms with van der Waals surface area (Å²) in [7, 11) is 0. The lowest BCUT2D eigenvalue weighted by Crippen LogP contribution is -2.30. The van der Waals surface area contributed by atoms with Crippen LogP contribution < -0.4 is 0 Å². The molecule has 1 unspecified atom stereocenters. The predicted octanol–water partition coefficient (Wildman–Crippen LogP) is 24.6. The lowest BCUT2D eigenvalue weighted by atomic mass is 10.0. The molecular formula is C76H134O6. The third kappa shape index (κ3) is 67.4. The molecule has 82 heavy (non-hydrogen) atoms. The Kier molecular flexibility index (Phi) is 67.2. The maximum absolute atomic E-state index is 13.0. The van der Waals surface area contributed by atoms with Crippen LogP contribution in [0.15, 0.2) is 85.1 Å². The molecule has 0 rings (SSSR count). The molecule has 0 bridgehead atoms. The normalized spacial score (nSPS) is 12.6. The fourth-order valence-electron chi connectivity index (χ4n) is 10.3. The van der Waals surface area contributed by atoms with Gasteiger partial charge in [0.25, 0.3) is 0 Å². The number of hydrogen-bond donors (Lipinski definition) is 0. The number of hydrogen-bond acceptors (Lipinski definition) is 6. The molecule has 0 aromatic carbocycles. The van der Waals surface area contributed by atoms with Gasteiger partial charge in [-0.3, -0.25) is 14.4 Å². The second-order valence-corrected chi connectivity index (χ2v) is 23.8. The van der Waals surface area contributed by atoms with Gasteiger partial charge in [0.05, 0.1) is 0 Å². The maximum Gasteiger partial charge on any atom is 0.306 e. The van der Waals surface area contributed by atoms with Gasteiger partial charge in [0.15, 0.2) is 6.10 Å². The number of allylic oxidation sites excluding steroid dienone is 14. The molecule has 6 nitrogen and oxygen atoms in total. The summed E-state index contributed by atoms with van der Waals surface area (Å²) in [4.78, 5) is 38.4. The molecule has 0 amide bonds. The van der Waals surface area contributed by atoms with Crippen molar-refractivity contribution in [3.05, 3.63) is 85.1 Å². The lowest BCUT2D eigenvalue weighted by molar-refractivity contribution is -0.167. The topological polar surface area (TPSA) is 78.9 Å². The minimum Gasteiger partial charge on any atom is -0.462 e. The van der Waals surface area contributed by atoms with E-state index in [1.54, 1.807) is 0 Å². The third-order valence-electron chi connectivity index (χ3n) is 15.6. The van der Waals surface area contributed by atoms with E-state index in [-0.39, 0.29) is 37.5 Å². The first-order valence-electron chi connectivity index (χ1n) is 35.6.